The summed E-state index contributed by atoms with van der Waals surface area (Å²) in [4.78, 5) is 15.6. The van der Waals surface area contributed by atoms with Gasteiger partial charge in [0.1, 0.15) is 12.4 Å². The molecule has 0 heterocycles. The standard InChI is InChI=1S/C23H39N3O4.HI/c1-5-28-15-16-30-21-17-19(3)12-13-20(21)18-26-23(24-4)25-14-10-8-7-9-11-22(27)29-6-2;/h12-13,17H,5-11,14-16,18H2,1-4H3,(H2,24,25,26);1H. The lowest BCUT2D eigenvalue weighted by Gasteiger charge is -2.15. The number of unbranched alkanes of at least 4 members (excludes halogenated alkanes) is 3. The predicted molar refractivity (Wildman–Crippen MR) is 137 cm³/mol. The molecule has 7 nitrogen and oxygen atoms in total. The van der Waals surface area contributed by atoms with E-state index in [4.69, 9.17) is 14.2 Å². The van der Waals surface area contributed by atoms with Crippen LogP contribution < -0.4 is 15.4 Å². The van der Waals surface area contributed by atoms with Gasteiger partial charge in [0.2, 0.25) is 0 Å². The van der Waals surface area contributed by atoms with Crippen LogP contribution in [0.2, 0.25) is 0 Å². The number of aryl methyl sites for hydroxylation is 1. The lowest BCUT2D eigenvalue weighted by molar-refractivity contribution is -0.143. The van der Waals surface area contributed by atoms with Crippen molar-refractivity contribution in [3.63, 3.8) is 0 Å². The highest BCUT2D eigenvalue weighted by molar-refractivity contribution is 14.0. The van der Waals surface area contributed by atoms with Crippen molar-refractivity contribution in [1.29, 1.82) is 0 Å². The number of benzene rings is 1. The molecule has 0 bridgehead atoms. The smallest absolute Gasteiger partial charge is 0.305 e. The lowest BCUT2D eigenvalue weighted by atomic mass is 10.1. The topological polar surface area (TPSA) is 81.2 Å². The van der Waals surface area contributed by atoms with Crippen LogP contribution in [-0.2, 0) is 20.8 Å². The van der Waals surface area contributed by atoms with E-state index < -0.39 is 0 Å². The van der Waals surface area contributed by atoms with E-state index in [0.717, 1.165) is 55.1 Å². The molecule has 0 atom stereocenters. The van der Waals surface area contributed by atoms with E-state index in [1.165, 1.54) is 0 Å². The van der Waals surface area contributed by atoms with Crippen molar-refractivity contribution >= 4 is 35.9 Å². The van der Waals surface area contributed by atoms with Crippen molar-refractivity contribution in [2.24, 2.45) is 4.99 Å². The van der Waals surface area contributed by atoms with Gasteiger partial charge < -0.3 is 24.8 Å². The molecule has 178 valence electrons. The van der Waals surface area contributed by atoms with Crippen molar-refractivity contribution in [1.82, 2.24) is 10.6 Å². The number of nitrogens with zero attached hydrogens (tertiary/aromatic N) is 1. The monoisotopic (exact) mass is 549 g/mol. The molecule has 0 saturated heterocycles. The minimum absolute atomic E-state index is 0. The fourth-order valence-electron chi connectivity index (χ4n) is 2.88. The molecule has 1 aromatic carbocycles. The van der Waals surface area contributed by atoms with Gasteiger partial charge in [-0.25, -0.2) is 0 Å². The van der Waals surface area contributed by atoms with Crippen molar-refractivity contribution < 1.29 is 19.0 Å². The van der Waals surface area contributed by atoms with E-state index in [1.807, 2.05) is 13.8 Å². The van der Waals surface area contributed by atoms with Gasteiger partial charge in [-0.05, 0) is 45.2 Å². The quantitative estimate of drug-likeness (QED) is 0.112. The largest absolute Gasteiger partial charge is 0.491 e. The Morgan fingerprint density at radius 3 is 2.52 bits per heavy atom. The van der Waals surface area contributed by atoms with Crippen LogP contribution in [0.15, 0.2) is 23.2 Å². The summed E-state index contributed by atoms with van der Waals surface area (Å²) in [5, 5.41) is 6.68. The first-order chi connectivity index (χ1) is 14.6. The second-order valence-corrected chi connectivity index (χ2v) is 6.98. The van der Waals surface area contributed by atoms with Crippen molar-refractivity contribution in [3.8, 4) is 5.75 Å². The first kappa shape index (κ1) is 29.5. The lowest BCUT2D eigenvalue weighted by Crippen LogP contribution is -2.37. The summed E-state index contributed by atoms with van der Waals surface area (Å²) in [6, 6.07) is 6.21. The van der Waals surface area contributed by atoms with Gasteiger partial charge in [-0.1, -0.05) is 25.0 Å². The molecule has 0 spiro atoms. The summed E-state index contributed by atoms with van der Waals surface area (Å²) >= 11 is 0. The van der Waals surface area contributed by atoms with Gasteiger partial charge in [0.15, 0.2) is 5.96 Å². The first-order valence-electron chi connectivity index (χ1n) is 11.0. The molecular weight excluding hydrogens is 509 g/mol. The molecule has 0 amide bonds. The van der Waals surface area contributed by atoms with Gasteiger partial charge >= 0.3 is 5.97 Å². The number of rotatable bonds is 15. The molecule has 0 aromatic heterocycles. The molecule has 0 radical (unpaired) electrons. The number of carbonyl (C=O) groups excluding carboxylic acids is 1. The van der Waals surface area contributed by atoms with Gasteiger partial charge in [0.05, 0.1) is 13.2 Å². The Kier molecular flexibility index (Phi) is 18.2. The third kappa shape index (κ3) is 14.2. The van der Waals surface area contributed by atoms with Gasteiger partial charge in [-0.3, -0.25) is 9.79 Å². The number of ether oxygens (including phenoxy) is 3. The van der Waals surface area contributed by atoms with Crippen LogP contribution in [0.4, 0.5) is 0 Å². The molecule has 1 rings (SSSR count). The van der Waals surface area contributed by atoms with E-state index in [-0.39, 0.29) is 29.9 Å². The van der Waals surface area contributed by atoms with E-state index in [1.54, 1.807) is 7.05 Å². The molecule has 8 heteroatoms. The average molecular weight is 549 g/mol. The number of halogens is 1. The molecule has 2 N–H and O–H groups in total. The maximum atomic E-state index is 11.3. The molecule has 0 saturated carbocycles. The molecule has 0 aliphatic carbocycles. The van der Waals surface area contributed by atoms with E-state index in [9.17, 15) is 4.79 Å². The highest BCUT2D eigenvalue weighted by Gasteiger charge is 2.06. The van der Waals surface area contributed by atoms with E-state index in [2.05, 4.69) is 40.7 Å². The second-order valence-electron chi connectivity index (χ2n) is 6.98. The molecule has 0 aliphatic heterocycles. The fraction of sp³-hybridized carbons (Fsp3) is 0.652. The summed E-state index contributed by atoms with van der Waals surface area (Å²) in [5.74, 6) is 1.54. The zero-order valence-corrected chi connectivity index (χ0v) is 21.8. The Labute approximate surface area is 204 Å². The van der Waals surface area contributed by atoms with Crippen LogP contribution in [-0.4, -0.2) is 51.9 Å². The molecular formula is C23H40IN3O4. The normalized spacial score (nSPS) is 10.9. The number of guanidine groups is 1. The highest BCUT2D eigenvalue weighted by atomic mass is 127. The van der Waals surface area contributed by atoms with Crippen LogP contribution in [0.25, 0.3) is 0 Å². The number of hydrogen-bond donors (Lipinski definition) is 2. The summed E-state index contributed by atoms with van der Waals surface area (Å²) in [7, 11) is 1.77. The minimum Gasteiger partial charge on any atom is -0.491 e. The van der Waals surface area contributed by atoms with Gasteiger partial charge in [-0.15, -0.1) is 24.0 Å². The Bertz CT molecular complexity index is 641. The first-order valence-corrected chi connectivity index (χ1v) is 11.0. The van der Waals surface area contributed by atoms with Gasteiger partial charge in [-0.2, -0.15) is 0 Å². The Hall–Kier alpha value is -1.55. The van der Waals surface area contributed by atoms with E-state index in [0.29, 0.717) is 39.4 Å². The molecule has 31 heavy (non-hydrogen) atoms. The number of nitrogens with one attached hydrogen (secondary N) is 2. The van der Waals surface area contributed by atoms with E-state index >= 15 is 0 Å². The highest BCUT2D eigenvalue weighted by Crippen LogP contribution is 2.20. The third-order valence-corrected chi connectivity index (χ3v) is 4.49. The molecule has 0 fully saturated rings. The summed E-state index contributed by atoms with van der Waals surface area (Å²) < 4.78 is 16.2. The fourth-order valence-corrected chi connectivity index (χ4v) is 2.88. The zero-order chi connectivity index (χ0) is 22.0. The third-order valence-electron chi connectivity index (χ3n) is 4.49. The van der Waals surface area contributed by atoms with Gasteiger partial charge in [0, 0.05) is 38.7 Å². The SMILES string of the molecule is CCOCCOc1cc(C)ccc1CNC(=NC)NCCCCCCC(=O)OCC.I. The number of carbonyl (C=O) groups is 1. The van der Waals surface area contributed by atoms with Crippen molar-refractivity contribution in [2.45, 2.75) is 59.4 Å². The van der Waals surface area contributed by atoms with Crippen LogP contribution >= 0.6 is 24.0 Å². The number of esters is 1. The number of aliphatic imine (C=N–C) groups is 1. The van der Waals surface area contributed by atoms with Crippen molar-refractivity contribution in [3.05, 3.63) is 29.3 Å². The van der Waals surface area contributed by atoms with Gasteiger partial charge in [0.25, 0.3) is 0 Å². The zero-order valence-electron chi connectivity index (χ0n) is 19.5. The Morgan fingerprint density at radius 1 is 1.03 bits per heavy atom. The summed E-state index contributed by atoms with van der Waals surface area (Å²) in [6.45, 7) is 9.60. The second kappa shape index (κ2) is 19.2. The summed E-state index contributed by atoms with van der Waals surface area (Å²) in [5.41, 5.74) is 2.25. The number of hydrogen-bond acceptors (Lipinski definition) is 5. The molecule has 0 aliphatic rings. The minimum atomic E-state index is -0.0995. The Morgan fingerprint density at radius 2 is 1.81 bits per heavy atom. The van der Waals surface area contributed by atoms with Crippen LogP contribution in [0.5, 0.6) is 5.75 Å². The molecule has 0 unspecified atom stereocenters. The summed E-state index contributed by atoms with van der Waals surface area (Å²) in [6.07, 6.45) is 4.51. The maximum Gasteiger partial charge on any atom is 0.305 e. The van der Waals surface area contributed by atoms with Crippen LogP contribution in [0.1, 0.15) is 57.1 Å². The van der Waals surface area contributed by atoms with Crippen LogP contribution in [0, 0.1) is 6.92 Å². The maximum absolute atomic E-state index is 11.3. The average Bonchev–Trinajstić information content (AvgIpc) is 2.74. The molecule has 1 aromatic rings. The Balaban J connectivity index is 0.00000900. The predicted octanol–water partition coefficient (Wildman–Crippen LogP) is 4.21. The van der Waals surface area contributed by atoms with Crippen molar-refractivity contribution in [2.75, 3.05) is 40.0 Å². The van der Waals surface area contributed by atoms with Crippen LogP contribution in [0.3, 0.4) is 0 Å².